The maximum absolute atomic E-state index is 12.9. The lowest BCUT2D eigenvalue weighted by molar-refractivity contribution is -0.147. The van der Waals surface area contributed by atoms with Gasteiger partial charge >= 0.3 is 11.9 Å². The van der Waals surface area contributed by atoms with Crippen LogP contribution in [-0.4, -0.2) is 30.1 Å². The zero-order valence-electron chi connectivity index (χ0n) is 21.1. The van der Waals surface area contributed by atoms with Gasteiger partial charge in [0, 0.05) is 5.56 Å². The number of carbonyl (C=O) groups excluding carboxylic acids is 3. The van der Waals surface area contributed by atoms with Crippen LogP contribution < -0.4 is 10.1 Å². The van der Waals surface area contributed by atoms with Gasteiger partial charge in [0.25, 0.3) is 5.91 Å². The van der Waals surface area contributed by atoms with E-state index in [1.54, 1.807) is 64.1 Å². The quantitative estimate of drug-likeness (QED) is 0.177. The van der Waals surface area contributed by atoms with Crippen LogP contribution >= 0.6 is 0 Å². The highest BCUT2D eigenvalue weighted by atomic mass is 16.6. The molecule has 1 amide bonds. The van der Waals surface area contributed by atoms with Crippen LogP contribution in [0.2, 0.25) is 0 Å². The van der Waals surface area contributed by atoms with Crippen molar-refractivity contribution in [3.63, 3.8) is 0 Å². The highest BCUT2D eigenvalue weighted by Crippen LogP contribution is 2.27. The summed E-state index contributed by atoms with van der Waals surface area (Å²) in [5.74, 6) is -2.05. The number of para-hydroxylation sites is 2. The van der Waals surface area contributed by atoms with Crippen molar-refractivity contribution in [2.24, 2.45) is 0 Å². The van der Waals surface area contributed by atoms with E-state index in [-0.39, 0.29) is 23.5 Å². The molecule has 7 nitrogen and oxygen atoms in total. The molecule has 35 heavy (non-hydrogen) atoms. The topological polar surface area (TPSA) is 90.9 Å². The van der Waals surface area contributed by atoms with Crippen LogP contribution in [0.5, 0.6) is 5.75 Å². The number of amides is 1. The van der Waals surface area contributed by atoms with Gasteiger partial charge in [0.15, 0.2) is 5.75 Å². The SMILES string of the molecule is CCCCCc1ccc(C(=O)Nc2ccccc2O/C(=C\C(=O)OC(C)C)C(=O)OC(C)C)cc1. The average molecular weight is 482 g/mol. The molecule has 2 aromatic carbocycles. The summed E-state index contributed by atoms with van der Waals surface area (Å²) in [6.45, 7) is 8.93. The Labute approximate surface area is 207 Å². The fourth-order valence-electron chi connectivity index (χ4n) is 3.15. The molecule has 0 fully saturated rings. The van der Waals surface area contributed by atoms with E-state index in [1.165, 1.54) is 12.0 Å². The Hall–Kier alpha value is -3.61. The van der Waals surface area contributed by atoms with Gasteiger partial charge in [-0.05, 0) is 70.4 Å². The summed E-state index contributed by atoms with van der Waals surface area (Å²) < 4.78 is 16.0. The van der Waals surface area contributed by atoms with Gasteiger partial charge in [-0.1, -0.05) is 44.0 Å². The summed E-state index contributed by atoms with van der Waals surface area (Å²) in [5, 5.41) is 2.81. The van der Waals surface area contributed by atoms with E-state index in [0.29, 0.717) is 11.3 Å². The van der Waals surface area contributed by atoms with Gasteiger partial charge in [-0.25, -0.2) is 9.59 Å². The monoisotopic (exact) mass is 481 g/mol. The number of nitrogens with one attached hydrogen (secondary N) is 1. The molecule has 0 aliphatic carbocycles. The number of unbranched alkanes of at least 4 members (excludes halogenated alkanes) is 2. The van der Waals surface area contributed by atoms with Crippen molar-refractivity contribution in [2.75, 3.05) is 5.32 Å². The van der Waals surface area contributed by atoms with E-state index in [2.05, 4.69) is 12.2 Å². The number of aryl methyl sites for hydroxylation is 1. The molecular formula is C28H35NO6. The first-order valence-corrected chi connectivity index (χ1v) is 12.0. The lowest BCUT2D eigenvalue weighted by Gasteiger charge is -2.15. The number of hydrogen-bond donors (Lipinski definition) is 1. The molecule has 0 spiro atoms. The first-order chi connectivity index (χ1) is 16.7. The summed E-state index contributed by atoms with van der Waals surface area (Å²) in [4.78, 5) is 37.6. The molecule has 7 heteroatoms. The first kappa shape index (κ1) is 27.6. The molecule has 1 N–H and O–H groups in total. The molecule has 0 heterocycles. The molecule has 2 rings (SSSR count). The minimum Gasteiger partial charge on any atom is -0.460 e. The molecule has 0 aromatic heterocycles. The number of carbonyl (C=O) groups is 3. The van der Waals surface area contributed by atoms with Gasteiger partial charge in [-0.2, -0.15) is 0 Å². The predicted octanol–water partition coefficient (Wildman–Crippen LogP) is 5.84. The fraction of sp³-hybridized carbons (Fsp3) is 0.393. The highest BCUT2D eigenvalue weighted by Gasteiger charge is 2.20. The number of hydrogen-bond acceptors (Lipinski definition) is 6. The summed E-state index contributed by atoms with van der Waals surface area (Å²) in [7, 11) is 0. The Morgan fingerprint density at radius 2 is 1.54 bits per heavy atom. The lowest BCUT2D eigenvalue weighted by atomic mass is 10.1. The molecule has 0 saturated heterocycles. The van der Waals surface area contributed by atoms with Crippen molar-refractivity contribution in [1.82, 2.24) is 0 Å². The second kappa shape index (κ2) is 13.9. The molecule has 0 bridgehead atoms. The number of esters is 2. The van der Waals surface area contributed by atoms with Crippen molar-refractivity contribution >= 4 is 23.5 Å². The number of rotatable bonds is 12. The minimum absolute atomic E-state index is 0.182. The third-order valence-corrected chi connectivity index (χ3v) is 4.79. The Bertz CT molecular complexity index is 1020. The second-order valence-electron chi connectivity index (χ2n) is 8.65. The zero-order chi connectivity index (χ0) is 25.8. The van der Waals surface area contributed by atoms with Gasteiger partial charge in [-0.15, -0.1) is 0 Å². The predicted molar refractivity (Wildman–Crippen MR) is 135 cm³/mol. The normalized spacial score (nSPS) is 11.3. The van der Waals surface area contributed by atoms with E-state index in [4.69, 9.17) is 14.2 Å². The average Bonchev–Trinajstić information content (AvgIpc) is 2.79. The second-order valence-corrected chi connectivity index (χ2v) is 8.65. The van der Waals surface area contributed by atoms with Crippen molar-refractivity contribution in [3.05, 3.63) is 71.5 Å². The summed E-state index contributed by atoms with van der Waals surface area (Å²) in [6.07, 6.45) is 4.59. The van der Waals surface area contributed by atoms with Gasteiger partial charge in [0.1, 0.15) is 0 Å². The Kier molecular flexibility index (Phi) is 11.0. The number of ether oxygens (including phenoxy) is 3. The van der Waals surface area contributed by atoms with Gasteiger partial charge in [-0.3, -0.25) is 4.79 Å². The molecule has 0 radical (unpaired) electrons. The smallest absolute Gasteiger partial charge is 0.374 e. The van der Waals surface area contributed by atoms with E-state index < -0.39 is 18.0 Å². The maximum Gasteiger partial charge on any atom is 0.374 e. The standard InChI is InChI=1S/C28H35NO6/c1-6-7-8-11-21-14-16-22(17-15-21)27(31)29-23-12-9-10-13-24(23)35-25(28(32)34-20(4)5)18-26(30)33-19(2)3/h9-10,12-20H,6-8,11H2,1-5H3,(H,29,31)/b25-18-. The van der Waals surface area contributed by atoms with Crippen LogP contribution in [0.15, 0.2) is 60.4 Å². The molecule has 0 aliphatic rings. The molecule has 0 aliphatic heterocycles. The van der Waals surface area contributed by atoms with Crippen LogP contribution in [0.1, 0.15) is 69.8 Å². The summed E-state index contributed by atoms with van der Waals surface area (Å²) >= 11 is 0. The Balaban J connectivity index is 2.20. The fourth-order valence-corrected chi connectivity index (χ4v) is 3.15. The maximum atomic E-state index is 12.9. The van der Waals surface area contributed by atoms with Crippen LogP contribution in [0.25, 0.3) is 0 Å². The molecule has 0 saturated carbocycles. The van der Waals surface area contributed by atoms with Crippen molar-refractivity contribution in [2.45, 2.75) is 72.5 Å². The van der Waals surface area contributed by atoms with Gasteiger partial charge in [0.2, 0.25) is 5.76 Å². The Morgan fingerprint density at radius 3 is 2.17 bits per heavy atom. The van der Waals surface area contributed by atoms with Crippen LogP contribution in [0.4, 0.5) is 5.69 Å². The van der Waals surface area contributed by atoms with E-state index >= 15 is 0 Å². The minimum atomic E-state index is -0.819. The van der Waals surface area contributed by atoms with Crippen molar-refractivity contribution < 1.29 is 28.6 Å². The third kappa shape index (κ3) is 9.65. The molecule has 0 unspecified atom stereocenters. The first-order valence-electron chi connectivity index (χ1n) is 12.0. The largest absolute Gasteiger partial charge is 0.460 e. The van der Waals surface area contributed by atoms with Crippen molar-refractivity contribution in [1.29, 1.82) is 0 Å². The molecule has 188 valence electrons. The summed E-state index contributed by atoms with van der Waals surface area (Å²) in [5.41, 5.74) is 2.02. The van der Waals surface area contributed by atoms with E-state index in [9.17, 15) is 14.4 Å². The highest BCUT2D eigenvalue weighted by molar-refractivity contribution is 6.05. The van der Waals surface area contributed by atoms with Gasteiger partial charge in [0.05, 0.1) is 24.0 Å². The third-order valence-electron chi connectivity index (χ3n) is 4.79. The summed E-state index contributed by atoms with van der Waals surface area (Å²) in [6, 6.07) is 14.1. The van der Waals surface area contributed by atoms with Gasteiger partial charge < -0.3 is 19.5 Å². The zero-order valence-corrected chi connectivity index (χ0v) is 21.1. The molecular weight excluding hydrogens is 446 g/mol. The van der Waals surface area contributed by atoms with E-state index in [0.717, 1.165) is 25.3 Å². The Morgan fingerprint density at radius 1 is 0.886 bits per heavy atom. The van der Waals surface area contributed by atoms with Crippen LogP contribution in [-0.2, 0) is 25.5 Å². The number of benzene rings is 2. The van der Waals surface area contributed by atoms with Crippen LogP contribution in [0.3, 0.4) is 0 Å². The van der Waals surface area contributed by atoms with Crippen LogP contribution in [0, 0.1) is 0 Å². The van der Waals surface area contributed by atoms with E-state index in [1.807, 2.05) is 12.1 Å². The number of anilines is 1. The lowest BCUT2D eigenvalue weighted by Crippen LogP contribution is -2.20. The molecule has 0 atom stereocenters. The van der Waals surface area contributed by atoms with Crippen molar-refractivity contribution in [3.8, 4) is 5.75 Å². The molecule has 2 aromatic rings.